The molecule has 0 saturated heterocycles. The molecule has 170 valence electrons. The number of hydrogen-bond acceptors (Lipinski definition) is 7. The van der Waals surface area contributed by atoms with Crippen LogP contribution in [-0.2, 0) is 25.6 Å². The van der Waals surface area contributed by atoms with E-state index in [1.54, 1.807) is 13.3 Å². The van der Waals surface area contributed by atoms with Crippen LogP contribution in [0, 0.1) is 17.3 Å². The number of carbonyl (C=O) groups is 1. The van der Waals surface area contributed by atoms with Crippen molar-refractivity contribution in [3.8, 4) is 0 Å². The van der Waals surface area contributed by atoms with Gasteiger partial charge in [0.15, 0.2) is 5.78 Å². The predicted molar refractivity (Wildman–Crippen MR) is 116 cm³/mol. The van der Waals surface area contributed by atoms with Crippen LogP contribution in [0.15, 0.2) is 35.3 Å². The number of rotatable bonds is 8. The Morgan fingerprint density at radius 3 is 2.61 bits per heavy atom. The molecule has 1 aromatic heterocycles. The van der Waals surface area contributed by atoms with Gasteiger partial charge in [-0.15, -0.1) is 0 Å². The van der Waals surface area contributed by atoms with E-state index in [4.69, 9.17) is 14.1 Å². The van der Waals surface area contributed by atoms with Gasteiger partial charge in [0, 0.05) is 24.8 Å². The zero-order valence-electron chi connectivity index (χ0n) is 18.7. The number of hydrogen-bond donors (Lipinski definition) is 1. The third kappa shape index (κ3) is 5.11. The molecule has 2 aliphatic carbocycles. The van der Waals surface area contributed by atoms with Gasteiger partial charge in [0.05, 0.1) is 24.0 Å². The molecule has 0 amide bonds. The summed E-state index contributed by atoms with van der Waals surface area (Å²) in [5.41, 5.74) is 4.01. The van der Waals surface area contributed by atoms with E-state index in [1.807, 2.05) is 19.9 Å². The first-order valence-corrected chi connectivity index (χ1v) is 11.8. The maximum absolute atomic E-state index is 13.2. The van der Waals surface area contributed by atoms with Gasteiger partial charge >= 0.3 is 10.3 Å². The van der Waals surface area contributed by atoms with Crippen molar-refractivity contribution in [3.05, 3.63) is 46.6 Å². The van der Waals surface area contributed by atoms with E-state index < -0.39 is 10.3 Å². The highest BCUT2D eigenvalue weighted by molar-refractivity contribution is 7.84. The zero-order chi connectivity index (χ0) is 23.0. The lowest BCUT2D eigenvalue weighted by Gasteiger charge is -2.33. The summed E-state index contributed by atoms with van der Waals surface area (Å²) in [5.74, 6) is -0.0801. The number of methoxy groups -OCH3 is 1. The second-order valence-corrected chi connectivity index (χ2v) is 10.4. The van der Waals surface area contributed by atoms with E-state index in [0.29, 0.717) is 30.5 Å². The first-order chi connectivity index (χ1) is 14.4. The van der Waals surface area contributed by atoms with Gasteiger partial charge in [0.1, 0.15) is 6.33 Å². The highest BCUT2D eigenvalue weighted by atomic mass is 32.2. The molecule has 0 radical (unpaired) electrons. The molecule has 0 aliphatic heterocycles. The lowest BCUT2D eigenvalue weighted by atomic mass is 9.77. The summed E-state index contributed by atoms with van der Waals surface area (Å²) in [6.07, 6.45) is 6.64. The smallest absolute Gasteiger partial charge is 0.333 e. The third-order valence-corrected chi connectivity index (χ3v) is 7.26. The van der Waals surface area contributed by atoms with Crippen LogP contribution in [0.1, 0.15) is 56.6 Å². The van der Waals surface area contributed by atoms with Crippen molar-refractivity contribution in [2.45, 2.75) is 53.1 Å². The van der Waals surface area contributed by atoms with Gasteiger partial charge in [0.2, 0.25) is 0 Å². The number of ketones is 1. The highest BCUT2D eigenvalue weighted by Crippen LogP contribution is 2.49. The summed E-state index contributed by atoms with van der Waals surface area (Å²) in [6.45, 7) is 8.17. The average molecular weight is 450 g/mol. The Balaban J connectivity index is 1.82. The SMILES string of the molecule is CO[C@@H]1[C@@H](COS(N)(=O)=O)C[C@@H](Cc2ncncc2C(=O)C2=CC(C)=C(C)C2)C1(C)C. The molecule has 31 heavy (non-hydrogen) atoms. The number of aromatic nitrogens is 2. The largest absolute Gasteiger partial charge is 0.381 e. The summed E-state index contributed by atoms with van der Waals surface area (Å²) in [6, 6.07) is 0. The van der Waals surface area contributed by atoms with E-state index in [1.165, 1.54) is 11.9 Å². The maximum Gasteiger partial charge on any atom is 0.333 e. The molecule has 3 rings (SSSR count). The van der Waals surface area contributed by atoms with Gasteiger partial charge in [-0.2, -0.15) is 8.42 Å². The van der Waals surface area contributed by atoms with Crippen LogP contribution in [0.25, 0.3) is 0 Å². The molecule has 0 unspecified atom stereocenters. The van der Waals surface area contributed by atoms with Crippen LogP contribution < -0.4 is 5.14 Å². The van der Waals surface area contributed by atoms with E-state index in [2.05, 4.69) is 23.8 Å². The fraction of sp³-hybridized carbons (Fsp3) is 0.591. The number of nitrogens with zero attached hydrogens (tertiary/aromatic N) is 2. The second-order valence-electron chi connectivity index (χ2n) is 9.17. The van der Waals surface area contributed by atoms with Crippen LogP contribution in [0.2, 0.25) is 0 Å². The van der Waals surface area contributed by atoms with Gasteiger partial charge in [-0.1, -0.05) is 31.1 Å². The molecule has 1 heterocycles. The Morgan fingerprint density at radius 1 is 1.32 bits per heavy atom. The minimum atomic E-state index is -4.02. The van der Waals surface area contributed by atoms with Crippen molar-refractivity contribution >= 4 is 16.1 Å². The molecular formula is C22H31N3O5S. The quantitative estimate of drug-likeness (QED) is 0.606. The highest BCUT2D eigenvalue weighted by Gasteiger charge is 2.50. The van der Waals surface area contributed by atoms with Crippen LogP contribution in [0.5, 0.6) is 0 Å². The van der Waals surface area contributed by atoms with Crippen LogP contribution in [0.4, 0.5) is 0 Å². The molecule has 8 nitrogen and oxygen atoms in total. The van der Waals surface area contributed by atoms with Crippen molar-refractivity contribution in [1.82, 2.24) is 9.97 Å². The molecule has 3 atom stereocenters. The minimum Gasteiger partial charge on any atom is -0.381 e. The molecule has 0 bridgehead atoms. The lowest BCUT2D eigenvalue weighted by molar-refractivity contribution is -0.0191. The number of Topliss-reactive ketones (excluding diaryl/α,β-unsaturated/α-hetero) is 1. The Morgan fingerprint density at radius 2 is 2.03 bits per heavy atom. The third-order valence-electron chi connectivity index (χ3n) is 6.79. The number of nitrogens with two attached hydrogens (primary N) is 1. The summed E-state index contributed by atoms with van der Waals surface area (Å²) >= 11 is 0. The number of ether oxygens (including phenoxy) is 1. The fourth-order valence-corrected chi connectivity index (χ4v) is 5.30. The molecule has 1 saturated carbocycles. The van der Waals surface area contributed by atoms with E-state index in [9.17, 15) is 13.2 Å². The Hall–Kier alpha value is -1.94. The fourth-order valence-electron chi connectivity index (χ4n) is 4.93. The van der Waals surface area contributed by atoms with Gasteiger partial charge in [-0.05, 0) is 44.4 Å². The van der Waals surface area contributed by atoms with E-state index >= 15 is 0 Å². The van der Waals surface area contributed by atoms with Crippen molar-refractivity contribution in [2.75, 3.05) is 13.7 Å². The van der Waals surface area contributed by atoms with E-state index in [0.717, 1.165) is 11.1 Å². The topological polar surface area (TPSA) is 121 Å². The Bertz CT molecular complexity index is 1030. The normalized spacial score (nSPS) is 25.7. The molecule has 9 heteroatoms. The summed E-state index contributed by atoms with van der Waals surface area (Å²) in [7, 11) is -2.41. The van der Waals surface area contributed by atoms with Crippen LogP contribution in [-0.4, -0.2) is 44.0 Å². The van der Waals surface area contributed by atoms with Gasteiger partial charge in [0.25, 0.3) is 0 Å². The molecule has 0 aromatic carbocycles. The van der Waals surface area contributed by atoms with Crippen LogP contribution in [0.3, 0.4) is 0 Å². The van der Waals surface area contributed by atoms with Crippen LogP contribution >= 0.6 is 0 Å². The molecular weight excluding hydrogens is 418 g/mol. The van der Waals surface area contributed by atoms with Gasteiger partial charge in [-0.25, -0.2) is 15.1 Å². The Labute approximate surface area is 184 Å². The van der Waals surface area contributed by atoms with Crippen molar-refractivity contribution < 1.29 is 22.1 Å². The first kappa shape index (κ1) is 23.7. The number of carbonyl (C=O) groups excluding carboxylic acids is 1. The number of allylic oxidation sites excluding steroid dienone is 4. The van der Waals surface area contributed by atoms with Crippen molar-refractivity contribution in [1.29, 1.82) is 0 Å². The van der Waals surface area contributed by atoms with E-state index in [-0.39, 0.29) is 35.7 Å². The summed E-state index contributed by atoms with van der Waals surface area (Å²) in [5, 5.41) is 5.00. The Kier molecular flexibility index (Phi) is 6.81. The monoisotopic (exact) mass is 449 g/mol. The minimum absolute atomic E-state index is 0.0378. The zero-order valence-corrected chi connectivity index (χ0v) is 19.5. The molecule has 2 aliphatic rings. The summed E-state index contributed by atoms with van der Waals surface area (Å²) in [4.78, 5) is 21.7. The first-order valence-electron chi connectivity index (χ1n) is 10.3. The molecule has 0 spiro atoms. The standard InChI is InChI=1S/C22H31N3O5S/c1-13-6-15(7-14(13)2)20(26)18-10-24-12-25-19(18)9-17-8-16(11-30-31(23,27)28)21(29-5)22(17,3)4/h6,10,12,16-17,21H,7-9,11H2,1-5H3,(H2,23,27,28)/t16-,17+,21-/m1/s1. The van der Waals surface area contributed by atoms with Crippen molar-refractivity contribution in [2.24, 2.45) is 22.4 Å². The predicted octanol–water partition coefficient (Wildman–Crippen LogP) is 2.77. The maximum atomic E-state index is 13.2. The molecule has 1 aromatic rings. The molecule has 1 fully saturated rings. The average Bonchev–Trinajstić information content (AvgIpc) is 3.15. The molecule has 2 N–H and O–H groups in total. The van der Waals surface area contributed by atoms with Gasteiger partial charge in [-0.3, -0.25) is 8.98 Å². The summed E-state index contributed by atoms with van der Waals surface area (Å²) < 4.78 is 33.1. The second kappa shape index (κ2) is 8.90. The van der Waals surface area contributed by atoms with Gasteiger partial charge < -0.3 is 4.74 Å². The van der Waals surface area contributed by atoms with Crippen molar-refractivity contribution in [3.63, 3.8) is 0 Å². The lowest BCUT2D eigenvalue weighted by Crippen LogP contribution is -2.36.